The number of benzene rings is 2. The third-order valence-electron chi connectivity index (χ3n) is 5.96. The summed E-state index contributed by atoms with van der Waals surface area (Å²) in [5.74, 6) is 0.587. The zero-order valence-electron chi connectivity index (χ0n) is 20.1. The van der Waals surface area contributed by atoms with Gasteiger partial charge in [-0.1, -0.05) is 17.7 Å². The Bertz CT molecular complexity index is 1510. The van der Waals surface area contributed by atoms with E-state index in [1.807, 2.05) is 19.1 Å². The van der Waals surface area contributed by atoms with Crippen LogP contribution in [0.15, 0.2) is 67.1 Å². The molecule has 0 spiro atoms. The van der Waals surface area contributed by atoms with Crippen molar-refractivity contribution in [1.82, 2.24) is 15.0 Å². The van der Waals surface area contributed by atoms with Gasteiger partial charge in [0.05, 0.1) is 16.3 Å². The first-order valence-electron chi connectivity index (χ1n) is 11.8. The molecule has 0 bridgehead atoms. The molecule has 3 N–H and O–H groups in total. The van der Waals surface area contributed by atoms with Gasteiger partial charge in [0.2, 0.25) is 0 Å². The van der Waals surface area contributed by atoms with E-state index in [0.717, 1.165) is 41.9 Å². The van der Waals surface area contributed by atoms with Gasteiger partial charge in [0.25, 0.3) is 5.91 Å². The molecule has 0 atom stereocenters. The summed E-state index contributed by atoms with van der Waals surface area (Å²) in [5, 5.41) is 8.83. The van der Waals surface area contributed by atoms with Crippen LogP contribution < -0.4 is 16.0 Å². The Balaban J connectivity index is 1.38. The van der Waals surface area contributed by atoms with Crippen LogP contribution in [0.4, 0.5) is 36.2 Å². The molecule has 5 rings (SSSR count). The molecule has 0 unspecified atom stereocenters. The van der Waals surface area contributed by atoms with E-state index in [0.29, 0.717) is 28.9 Å². The number of aryl methyl sites for hydroxylation is 1. The zero-order valence-corrected chi connectivity index (χ0v) is 20.9. The summed E-state index contributed by atoms with van der Waals surface area (Å²) in [4.78, 5) is 25.9. The number of nitrogens with one attached hydrogen (secondary N) is 3. The number of rotatable bonds is 7. The molecule has 1 aliphatic carbocycles. The van der Waals surface area contributed by atoms with Crippen LogP contribution in [0.1, 0.15) is 34.3 Å². The van der Waals surface area contributed by atoms with Gasteiger partial charge in [-0.15, -0.1) is 0 Å². The van der Waals surface area contributed by atoms with E-state index in [1.165, 1.54) is 12.4 Å². The Morgan fingerprint density at radius 2 is 1.84 bits per heavy atom. The smallest absolute Gasteiger partial charge is 0.367 e. The fraction of sp³-hybridized carbons (Fsp3) is 0.185. The largest absolute Gasteiger partial charge is 0.417 e. The molecule has 11 heteroatoms. The minimum Gasteiger partial charge on any atom is -0.367 e. The SMILES string of the molecule is Cc1ccc(NC(=O)c2ccc(Cl)c(C(F)(F)F)c2)cc1Nc1ncccc1-c1cc(NC2CC2)ncn1. The van der Waals surface area contributed by atoms with Crippen LogP contribution in [0.5, 0.6) is 0 Å². The van der Waals surface area contributed by atoms with Gasteiger partial charge < -0.3 is 16.0 Å². The number of nitrogens with zero attached hydrogens (tertiary/aromatic N) is 3. The van der Waals surface area contributed by atoms with Crippen LogP contribution in [0.2, 0.25) is 5.02 Å². The van der Waals surface area contributed by atoms with Crippen LogP contribution in [-0.4, -0.2) is 26.9 Å². The maximum absolute atomic E-state index is 13.2. The van der Waals surface area contributed by atoms with E-state index >= 15 is 0 Å². The van der Waals surface area contributed by atoms with Gasteiger partial charge in [0.1, 0.15) is 18.0 Å². The highest BCUT2D eigenvalue weighted by Crippen LogP contribution is 2.36. The van der Waals surface area contributed by atoms with E-state index in [4.69, 9.17) is 11.6 Å². The Morgan fingerprint density at radius 3 is 2.61 bits per heavy atom. The second-order valence-electron chi connectivity index (χ2n) is 8.91. The van der Waals surface area contributed by atoms with Gasteiger partial charge in [0.15, 0.2) is 0 Å². The maximum Gasteiger partial charge on any atom is 0.417 e. The molecular formula is C27H22ClF3N6O. The predicted molar refractivity (Wildman–Crippen MR) is 141 cm³/mol. The molecule has 2 aromatic carbocycles. The van der Waals surface area contributed by atoms with Crippen molar-refractivity contribution in [2.45, 2.75) is 32.0 Å². The normalized spacial score (nSPS) is 13.2. The maximum atomic E-state index is 13.2. The minimum absolute atomic E-state index is 0.164. The molecule has 1 saturated carbocycles. The van der Waals surface area contributed by atoms with Crippen molar-refractivity contribution in [3.05, 3.63) is 88.8 Å². The van der Waals surface area contributed by atoms with Crippen molar-refractivity contribution in [3.63, 3.8) is 0 Å². The van der Waals surface area contributed by atoms with Crippen molar-refractivity contribution in [2.75, 3.05) is 16.0 Å². The molecule has 194 valence electrons. The van der Waals surface area contributed by atoms with E-state index in [9.17, 15) is 18.0 Å². The lowest BCUT2D eigenvalue weighted by Gasteiger charge is -2.15. The highest BCUT2D eigenvalue weighted by Gasteiger charge is 2.34. The van der Waals surface area contributed by atoms with Gasteiger partial charge >= 0.3 is 6.18 Å². The molecule has 0 saturated heterocycles. The number of hydrogen-bond donors (Lipinski definition) is 3. The van der Waals surface area contributed by atoms with Gasteiger partial charge in [0, 0.05) is 40.8 Å². The number of pyridine rings is 1. The van der Waals surface area contributed by atoms with E-state index < -0.39 is 22.7 Å². The first-order valence-corrected chi connectivity index (χ1v) is 12.1. The quantitative estimate of drug-likeness (QED) is 0.233. The van der Waals surface area contributed by atoms with Gasteiger partial charge in [-0.25, -0.2) is 15.0 Å². The molecule has 38 heavy (non-hydrogen) atoms. The molecule has 1 aliphatic rings. The summed E-state index contributed by atoms with van der Waals surface area (Å²) in [7, 11) is 0. The van der Waals surface area contributed by atoms with Gasteiger partial charge in [-0.05, 0) is 67.8 Å². The summed E-state index contributed by atoms with van der Waals surface area (Å²) in [5.41, 5.74) is 2.11. The Labute approximate surface area is 221 Å². The Kier molecular flexibility index (Phi) is 6.90. The second-order valence-corrected chi connectivity index (χ2v) is 9.32. The summed E-state index contributed by atoms with van der Waals surface area (Å²) >= 11 is 5.67. The van der Waals surface area contributed by atoms with Gasteiger partial charge in [-0.3, -0.25) is 4.79 Å². The number of hydrogen-bond acceptors (Lipinski definition) is 6. The highest BCUT2D eigenvalue weighted by atomic mass is 35.5. The number of carbonyl (C=O) groups excluding carboxylic acids is 1. The summed E-state index contributed by atoms with van der Waals surface area (Å²) in [6.45, 7) is 1.88. The summed E-state index contributed by atoms with van der Waals surface area (Å²) in [6, 6.07) is 14.2. The zero-order chi connectivity index (χ0) is 26.9. The van der Waals surface area contributed by atoms with E-state index in [1.54, 1.807) is 30.5 Å². The van der Waals surface area contributed by atoms with Crippen LogP contribution in [-0.2, 0) is 6.18 Å². The molecular weight excluding hydrogens is 517 g/mol. The van der Waals surface area contributed by atoms with Crippen molar-refractivity contribution in [2.24, 2.45) is 0 Å². The van der Waals surface area contributed by atoms with Crippen molar-refractivity contribution in [3.8, 4) is 11.3 Å². The average molecular weight is 539 g/mol. The van der Waals surface area contributed by atoms with Gasteiger partial charge in [-0.2, -0.15) is 13.2 Å². The van der Waals surface area contributed by atoms with Crippen molar-refractivity contribution in [1.29, 1.82) is 0 Å². The molecule has 1 fully saturated rings. The number of aromatic nitrogens is 3. The van der Waals surface area contributed by atoms with Crippen molar-refractivity contribution < 1.29 is 18.0 Å². The molecule has 2 aromatic heterocycles. The lowest BCUT2D eigenvalue weighted by Crippen LogP contribution is -2.14. The number of amides is 1. The topological polar surface area (TPSA) is 91.8 Å². The van der Waals surface area contributed by atoms with Crippen LogP contribution in [0, 0.1) is 6.92 Å². The molecule has 1 amide bonds. The molecule has 0 radical (unpaired) electrons. The number of anilines is 4. The lowest BCUT2D eigenvalue weighted by atomic mass is 10.1. The third kappa shape index (κ3) is 5.86. The Hall–Kier alpha value is -4.18. The fourth-order valence-electron chi connectivity index (χ4n) is 3.78. The Morgan fingerprint density at radius 1 is 1.03 bits per heavy atom. The first kappa shape index (κ1) is 25.5. The number of carbonyl (C=O) groups is 1. The number of halogens is 4. The van der Waals surface area contributed by atoms with Crippen LogP contribution in [0.25, 0.3) is 11.3 Å². The molecule has 2 heterocycles. The molecule has 7 nitrogen and oxygen atoms in total. The highest BCUT2D eigenvalue weighted by molar-refractivity contribution is 6.31. The summed E-state index contributed by atoms with van der Waals surface area (Å²) < 4.78 is 39.7. The van der Waals surface area contributed by atoms with Crippen molar-refractivity contribution >= 4 is 40.5 Å². The van der Waals surface area contributed by atoms with Crippen LogP contribution >= 0.6 is 11.6 Å². The fourth-order valence-corrected chi connectivity index (χ4v) is 4.01. The van der Waals surface area contributed by atoms with Crippen LogP contribution in [0.3, 0.4) is 0 Å². The second kappa shape index (κ2) is 10.3. The molecule has 0 aliphatic heterocycles. The standard InChI is InChI=1S/C27H22ClF3N6O/c1-15-4-6-18(36-26(38)16-5-9-21(28)20(11-16)27(29,30)31)12-22(15)37-25-19(3-2-10-32-25)23-13-24(34-14-33-23)35-17-7-8-17/h2-6,9-14,17H,7-8H2,1H3,(H,32,37)(H,36,38)(H,33,34,35). The lowest BCUT2D eigenvalue weighted by molar-refractivity contribution is -0.137. The third-order valence-corrected chi connectivity index (χ3v) is 6.29. The van der Waals surface area contributed by atoms with E-state index in [-0.39, 0.29) is 5.56 Å². The predicted octanol–water partition coefficient (Wildman–Crippen LogP) is 7.09. The minimum atomic E-state index is -4.67. The average Bonchev–Trinajstić information content (AvgIpc) is 3.70. The number of alkyl halides is 3. The first-order chi connectivity index (χ1) is 18.2. The monoisotopic (exact) mass is 538 g/mol. The summed E-state index contributed by atoms with van der Waals surface area (Å²) in [6.07, 6.45) is 0.710. The van der Waals surface area contributed by atoms with E-state index in [2.05, 4.69) is 30.9 Å². The molecule has 4 aromatic rings.